The van der Waals surface area contributed by atoms with Crippen molar-refractivity contribution in [3.63, 3.8) is 0 Å². The predicted molar refractivity (Wildman–Crippen MR) is 125 cm³/mol. The molecule has 9 heteroatoms. The molecule has 0 amide bonds. The van der Waals surface area contributed by atoms with Crippen molar-refractivity contribution in [2.24, 2.45) is 5.92 Å². The topological polar surface area (TPSA) is 125 Å². The van der Waals surface area contributed by atoms with Crippen molar-refractivity contribution >= 4 is 28.7 Å². The highest BCUT2D eigenvalue weighted by Crippen LogP contribution is 2.38. The maximum absolute atomic E-state index is 13.2. The summed E-state index contributed by atoms with van der Waals surface area (Å²) in [5.41, 5.74) is 1.62. The van der Waals surface area contributed by atoms with E-state index in [0.29, 0.717) is 54.1 Å². The van der Waals surface area contributed by atoms with Crippen LogP contribution in [0.25, 0.3) is 11.0 Å². The second kappa shape index (κ2) is 8.89. The number of carbonyl (C=O) groups excluding carboxylic acids is 2. The van der Waals surface area contributed by atoms with Gasteiger partial charge in [-0.25, -0.2) is 4.98 Å². The summed E-state index contributed by atoms with van der Waals surface area (Å²) in [6, 6.07) is 6.96. The van der Waals surface area contributed by atoms with Crippen LogP contribution in [-0.4, -0.2) is 51.5 Å². The number of ketones is 1. The van der Waals surface area contributed by atoms with Gasteiger partial charge in [-0.2, -0.15) is 4.98 Å². The number of para-hydroxylation sites is 1. The van der Waals surface area contributed by atoms with E-state index in [1.165, 1.54) is 6.20 Å². The first-order valence-electron chi connectivity index (χ1n) is 11.6. The van der Waals surface area contributed by atoms with E-state index in [4.69, 9.17) is 4.74 Å². The standard InChI is InChI=1S/C25H26N4O5/c1-2-34-24(33)14-6-5-9-29(13-14)25-27-22-21(23(32)28-25)17-10-15(11-20(31)18(17)12-26-22)16-7-3-4-8-19(16)30/h3-4,7-8,12,14-15,30H,2,5-6,9-11,13H2,1H3,(H,26,27,28,32)/t14-,15-/m0/s1. The number of carbonyl (C=O) groups is 2. The van der Waals surface area contributed by atoms with E-state index in [9.17, 15) is 19.5 Å². The van der Waals surface area contributed by atoms with E-state index >= 15 is 0 Å². The van der Waals surface area contributed by atoms with Crippen molar-refractivity contribution in [3.05, 3.63) is 57.5 Å². The van der Waals surface area contributed by atoms with Crippen LogP contribution in [-0.2, 0) is 16.0 Å². The lowest BCUT2D eigenvalue weighted by molar-refractivity contribution is -0.148. The lowest BCUT2D eigenvalue weighted by atomic mass is 9.79. The number of Topliss-reactive ketones (excluding diaryl/α,β-unsaturated/α-hetero) is 1. The average molecular weight is 463 g/mol. The molecule has 3 aromatic rings. The monoisotopic (exact) mass is 462 g/mol. The zero-order chi connectivity index (χ0) is 23.8. The molecule has 0 unspecified atom stereocenters. The molecule has 1 aliphatic carbocycles. The van der Waals surface area contributed by atoms with Gasteiger partial charge in [0.1, 0.15) is 5.75 Å². The number of piperidine rings is 1. The Labute approximate surface area is 195 Å². The highest BCUT2D eigenvalue weighted by molar-refractivity contribution is 6.02. The number of aromatic hydroxyl groups is 1. The molecule has 0 radical (unpaired) electrons. The fraction of sp³-hybridized carbons (Fsp3) is 0.400. The number of ether oxygens (including phenoxy) is 1. The first-order chi connectivity index (χ1) is 16.5. The Balaban J connectivity index is 1.51. The van der Waals surface area contributed by atoms with Crippen LogP contribution in [0.3, 0.4) is 0 Å². The zero-order valence-electron chi connectivity index (χ0n) is 18.9. The van der Waals surface area contributed by atoms with Crippen LogP contribution in [0.4, 0.5) is 5.95 Å². The molecule has 0 spiro atoms. The van der Waals surface area contributed by atoms with Gasteiger partial charge in [-0.05, 0) is 49.3 Å². The van der Waals surface area contributed by atoms with Gasteiger partial charge in [0.2, 0.25) is 5.95 Å². The third-order valence-electron chi connectivity index (χ3n) is 6.73. The van der Waals surface area contributed by atoms with Crippen molar-refractivity contribution in [3.8, 4) is 5.75 Å². The molecule has 1 fully saturated rings. The predicted octanol–water partition coefficient (Wildman–Crippen LogP) is 2.72. The van der Waals surface area contributed by atoms with Gasteiger partial charge in [0.25, 0.3) is 5.56 Å². The Hall–Kier alpha value is -3.75. The third-order valence-corrected chi connectivity index (χ3v) is 6.73. The van der Waals surface area contributed by atoms with Crippen molar-refractivity contribution < 1.29 is 19.4 Å². The molecule has 1 aliphatic heterocycles. The number of esters is 1. The number of phenols is 1. The van der Waals surface area contributed by atoms with Gasteiger partial charge in [0, 0.05) is 31.3 Å². The highest BCUT2D eigenvalue weighted by atomic mass is 16.5. The number of hydrogen-bond donors (Lipinski definition) is 2. The molecule has 0 bridgehead atoms. The molecule has 1 aromatic carbocycles. The molecule has 1 saturated heterocycles. The van der Waals surface area contributed by atoms with Gasteiger partial charge < -0.3 is 14.7 Å². The van der Waals surface area contributed by atoms with Crippen LogP contribution in [0.15, 0.2) is 35.3 Å². The Morgan fingerprint density at radius 1 is 1.26 bits per heavy atom. The Bertz CT molecular complexity index is 1330. The van der Waals surface area contributed by atoms with Gasteiger partial charge >= 0.3 is 5.97 Å². The van der Waals surface area contributed by atoms with Crippen LogP contribution >= 0.6 is 0 Å². The van der Waals surface area contributed by atoms with Gasteiger partial charge in [-0.15, -0.1) is 0 Å². The summed E-state index contributed by atoms with van der Waals surface area (Å²) in [4.78, 5) is 52.0. The molecular weight excluding hydrogens is 436 g/mol. The van der Waals surface area contributed by atoms with Crippen LogP contribution in [0.1, 0.15) is 53.6 Å². The fourth-order valence-electron chi connectivity index (χ4n) is 5.08. The van der Waals surface area contributed by atoms with Crippen molar-refractivity contribution in [2.75, 3.05) is 24.6 Å². The summed E-state index contributed by atoms with van der Waals surface area (Å²) in [7, 11) is 0. The number of aromatic amines is 1. The molecule has 2 aliphatic rings. The SMILES string of the molecule is CCOC(=O)[C@H]1CCCN(c2nc3ncc4c(c3c(=O)[nH]2)C[C@H](c2ccccc2O)CC4=O)C1. The van der Waals surface area contributed by atoms with Crippen molar-refractivity contribution in [2.45, 2.75) is 38.5 Å². The van der Waals surface area contributed by atoms with E-state index in [1.54, 1.807) is 25.1 Å². The van der Waals surface area contributed by atoms with Gasteiger partial charge in [0.05, 0.1) is 17.9 Å². The molecule has 5 rings (SSSR count). The summed E-state index contributed by atoms with van der Waals surface area (Å²) in [5.74, 6) is -0.366. The Morgan fingerprint density at radius 3 is 2.88 bits per heavy atom. The van der Waals surface area contributed by atoms with E-state index in [1.807, 2.05) is 11.0 Å². The summed E-state index contributed by atoms with van der Waals surface area (Å²) in [5, 5.41) is 10.6. The molecule has 2 N–H and O–H groups in total. The number of aromatic nitrogens is 3. The number of nitrogens with zero attached hydrogens (tertiary/aromatic N) is 3. The fourth-order valence-corrected chi connectivity index (χ4v) is 5.08. The number of nitrogens with one attached hydrogen (secondary N) is 1. The summed E-state index contributed by atoms with van der Waals surface area (Å²) < 4.78 is 5.17. The Morgan fingerprint density at radius 2 is 2.09 bits per heavy atom. The number of fused-ring (bicyclic) bond motifs is 3. The number of benzene rings is 1. The lowest BCUT2D eigenvalue weighted by Crippen LogP contribution is -2.41. The second-order valence-corrected chi connectivity index (χ2v) is 8.86. The number of hydrogen-bond acceptors (Lipinski definition) is 8. The van der Waals surface area contributed by atoms with E-state index in [-0.39, 0.29) is 47.0 Å². The minimum Gasteiger partial charge on any atom is -0.508 e. The minimum atomic E-state index is -0.367. The summed E-state index contributed by atoms with van der Waals surface area (Å²) in [6.07, 6.45) is 3.67. The van der Waals surface area contributed by atoms with E-state index < -0.39 is 0 Å². The number of pyridine rings is 1. The molecule has 0 saturated carbocycles. The smallest absolute Gasteiger partial charge is 0.310 e. The molecule has 2 aromatic heterocycles. The third kappa shape index (κ3) is 3.91. The van der Waals surface area contributed by atoms with Gasteiger partial charge in [-0.1, -0.05) is 18.2 Å². The quantitative estimate of drug-likeness (QED) is 0.567. The second-order valence-electron chi connectivity index (χ2n) is 8.86. The number of rotatable bonds is 4. The molecule has 2 atom stereocenters. The average Bonchev–Trinajstić information content (AvgIpc) is 2.84. The van der Waals surface area contributed by atoms with Gasteiger partial charge in [0.15, 0.2) is 11.4 Å². The lowest BCUT2D eigenvalue weighted by Gasteiger charge is -2.32. The summed E-state index contributed by atoms with van der Waals surface area (Å²) in [6.45, 7) is 3.17. The van der Waals surface area contributed by atoms with E-state index in [0.717, 1.165) is 12.8 Å². The number of phenolic OH excluding ortho intramolecular Hbond substituents is 1. The molecule has 3 heterocycles. The normalized spacial score (nSPS) is 20.3. The highest BCUT2D eigenvalue weighted by Gasteiger charge is 2.32. The number of anilines is 1. The zero-order valence-corrected chi connectivity index (χ0v) is 18.9. The first-order valence-corrected chi connectivity index (χ1v) is 11.6. The molecule has 176 valence electrons. The molecule has 34 heavy (non-hydrogen) atoms. The largest absolute Gasteiger partial charge is 0.508 e. The maximum Gasteiger partial charge on any atom is 0.310 e. The minimum absolute atomic E-state index is 0.110. The van der Waals surface area contributed by atoms with Gasteiger partial charge in [-0.3, -0.25) is 19.4 Å². The Kier molecular flexibility index (Phi) is 5.77. The summed E-state index contributed by atoms with van der Waals surface area (Å²) >= 11 is 0. The van der Waals surface area contributed by atoms with Crippen LogP contribution in [0.5, 0.6) is 5.75 Å². The molecular formula is C25H26N4O5. The van der Waals surface area contributed by atoms with Crippen LogP contribution < -0.4 is 10.5 Å². The molecule has 9 nitrogen and oxygen atoms in total. The number of H-pyrrole nitrogens is 1. The van der Waals surface area contributed by atoms with Crippen molar-refractivity contribution in [1.82, 2.24) is 15.0 Å². The maximum atomic E-state index is 13.2. The van der Waals surface area contributed by atoms with Crippen molar-refractivity contribution in [1.29, 1.82) is 0 Å². The first kappa shape index (κ1) is 22.1. The van der Waals surface area contributed by atoms with Crippen LogP contribution in [0.2, 0.25) is 0 Å². The van der Waals surface area contributed by atoms with E-state index in [2.05, 4.69) is 15.0 Å². The van der Waals surface area contributed by atoms with Crippen LogP contribution in [0, 0.1) is 5.92 Å².